The molecule has 0 saturated heterocycles. The number of hydrogen-bond acceptors (Lipinski definition) is 5. The third-order valence-corrected chi connectivity index (χ3v) is 5.27. The van der Waals surface area contributed by atoms with E-state index in [-0.39, 0.29) is 11.4 Å². The summed E-state index contributed by atoms with van der Waals surface area (Å²) in [6.07, 6.45) is 0.829. The Kier molecular flexibility index (Phi) is 4.27. The van der Waals surface area contributed by atoms with Crippen molar-refractivity contribution in [1.82, 2.24) is 14.9 Å². The molecule has 0 bridgehead atoms. The Labute approximate surface area is 135 Å². The molecule has 0 amide bonds. The first kappa shape index (κ1) is 15.8. The van der Waals surface area contributed by atoms with Crippen molar-refractivity contribution in [2.45, 2.75) is 31.7 Å². The summed E-state index contributed by atoms with van der Waals surface area (Å²) in [7, 11) is -3.62. The Bertz CT molecular complexity index is 795. The first-order chi connectivity index (χ1) is 11.0. The van der Waals surface area contributed by atoms with E-state index in [1.807, 2.05) is 6.07 Å². The van der Waals surface area contributed by atoms with Gasteiger partial charge in [0.1, 0.15) is 4.90 Å². The highest BCUT2D eigenvalue weighted by Crippen LogP contribution is 2.30. The number of nitrogens with one attached hydrogen (secondary N) is 2. The third kappa shape index (κ3) is 3.32. The molecule has 0 radical (unpaired) electrons. The summed E-state index contributed by atoms with van der Waals surface area (Å²) in [6.45, 7) is 4.73. The lowest BCUT2D eigenvalue weighted by molar-refractivity contribution is 0.297. The SMILES string of the molecule is Cc1n[nH]c(C)c1S(=O)(=O)NCc1ccc2c(c1)OCCCO2. The minimum absolute atomic E-state index is 0.170. The van der Waals surface area contributed by atoms with Crippen LogP contribution in [0, 0.1) is 13.8 Å². The molecule has 0 saturated carbocycles. The maximum atomic E-state index is 12.4. The van der Waals surface area contributed by atoms with Gasteiger partial charge in [-0.25, -0.2) is 13.1 Å². The molecule has 0 aliphatic carbocycles. The lowest BCUT2D eigenvalue weighted by Gasteiger charge is -2.10. The summed E-state index contributed by atoms with van der Waals surface area (Å²) >= 11 is 0. The summed E-state index contributed by atoms with van der Waals surface area (Å²) in [5, 5.41) is 6.61. The summed E-state index contributed by atoms with van der Waals surface area (Å²) in [5.41, 5.74) is 1.78. The standard InChI is InChI=1S/C15H19N3O4S/c1-10-15(11(2)18-17-10)23(19,20)16-9-12-4-5-13-14(8-12)22-7-3-6-21-13/h4-5,8,16H,3,6-7,9H2,1-2H3,(H,17,18). The molecule has 0 unspecified atom stereocenters. The third-order valence-electron chi connectivity index (χ3n) is 3.61. The fourth-order valence-electron chi connectivity index (χ4n) is 2.50. The topological polar surface area (TPSA) is 93.3 Å². The lowest BCUT2D eigenvalue weighted by Crippen LogP contribution is -2.24. The Morgan fingerprint density at radius 2 is 1.96 bits per heavy atom. The van der Waals surface area contributed by atoms with E-state index >= 15 is 0 Å². The van der Waals surface area contributed by atoms with Crippen molar-refractivity contribution in [3.05, 3.63) is 35.2 Å². The Balaban J connectivity index is 1.77. The van der Waals surface area contributed by atoms with Crippen molar-refractivity contribution in [2.75, 3.05) is 13.2 Å². The quantitative estimate of drug-likeness (QED) is 0.885. The number of ether oxygens (including phenoxy) is 2. The van der Waals surface area contributed by atoms with Crippen LogP contribution < -0.4 is 14.2 Å². The van der Waals surface area contributed by atoms with Crippen LogP contribution in [-0.2, 0) is 16.6 Å². The van der Waals surface area contributed by atoms with E-state index in [1.54, 1.807) is 26.0 Å². The number of hydrogen-bond donors (Lipinski definition) is 2. The summed E-state index contributed by atoms with van der Waals surface area (Å²) < 4.78 is 38.6. The molecule has 8 heteroatoms. The van der Waals surface area contributed by atoms with Gasteiger partial charge in [-0.15, -0.1) is 0 Å². The molecule has 124 valence electrons. The minimum Gasteiger partial charge on any atom is -0.490 e. The highest BCUT2D eigenvalue weighted by molar-refractivity contribution is 7.89. The Morgan fingerprint density at radius 1 is 1.22 bits per heavy atom. The number of aromatic nitrogens is 2. The zero-order chi connectivity index (χ0) is 16.4. The normalized spacial score (nSPS) is 14.5. The van der Waals surface area contributed by atoms with Crippen molar-refractivity contribution >= 4 is 10.0 Å². The van der Waals surface area contributed by atoms with Gasteiger partial charge in [-0.3, -0.25) is 5.10 Å². The second kappa shape index (κ2) is 6.21. The van der Waals surface area contributed by atoms with Gasteiger partial charge in [0.25, 0.3) is 0 Å². The van der Waals surface area contributed by atoms with E-state index in [2.05, 4.69) is 14.9 Å². The van der Waals surface area contributed by atoms with Crippen LogP contribution in [0.1, 0.15) is 23.4 Å². The molecule has 1 aromatic carbocycles. The summed E-state index contributed by atoms with van der Waals surface area (Å²) in [5.74, 6) is 1.34. The first-order valence-corrected chi connectivity index (χ1v) is 8.85. The maximum absolute atomic E-state index is 12.4. The monoisotopic (exact) mass is 337 g/mol. The van der Waals surface area contributed by atoms with E-state index < -0.39 is 10.0 Å². The van der Waals surface area contributed by atoms with Gasteiger partial charge in [-0.05, 0) is 31.5 Å². The largest absolute Gasteiger partial charge is 0.490 e. The van der Waals surface area contributed by atoms with Gasteiger partial charge in [-0.1, -0.05) is 6.07 Å². The second-order valence-corrected chi connectivity index (χ2v) is 7.12. The van der Waals surface area contributed by atoms with Gasteiger partial charge < -0.3 is 9.47 Å². The predicted molar refractivity (Wildman–Crippen MR) is 84.1 cm³/mol. The van der Waals surface area contributed by atoms with E-state index in [1.165, 1.54) is 0 Å². The lowest BCUT2D eigenvalue weighted by atomic mass is 10.2. The van der Waals surface area contributed by atoms with E-state index in [0.717, 1.165) is 12.0 Å². The number of rotatable bonds is 4. The zero-order valence-corrected chi connectivity index (χ0v) is 13.9. The van der Waals surface area contributed by atoms with Crippen molar-refractivity contribution in [3.8, 4) is 11.5 Å². The van der Waals surface area contributed by atoms with Gasteiger partial charge in [0.05, 0.1) is 24.6 Å². The number of H-pyrrole nitrogens is 1. The summed E-state index contributed by atoms with van der Waals surface area (Å²) in [4.78, 5) is 0.201. The van der Waals surface area contributed by atoms with Crippen LogP contribution in [-0.4, -0.2) is 31.8 Å². The van der Waals surface area contributed by atoms with Gasteiger partial charge in [0, 0.05) is 13.0 Å². The van der Waals surface area contributed by atoms with Crippen molar-refractivity contribution < 1.29 is 17.9 Å². The van der Waals surface area contributed by atoms with Crippen molar-refractivity contribution in [3.63, 3.8) is 0 Å². The average Bonchev–Trinajstić information content (AvgIpc) is 2.73. The van der Waals surface area contributed by atoms with Crippen LogP contribution in [0.4, 0.5) is 0 Å². The van der Waals surface area contributed by atoms with E-state index in [4.69, 9.17) is 9.47 Å². The predicted octanol–water partition coefficient (Wildman–Crippen LogP) is 1.67. The van der Waals surface area contributed by atoms with Gasteiger partial charge >= 0.3 is 0 Å². The van der Waals surface area contributed by atoms with Gasteiger partial charge in [0.15, 0.2) is 11.5 Å². The Morgan fingerprint density at radius 3 is 2.65 bits per heavy atom. The van der Waals surface area contributed by atoms with Crippen LogP contribution in [0.3, 0.4) is 0 Å². The highest BCUT2D eigenvalue weighted by Gasteiger charge is 2.22. The molecular weight excluding hydrogens is 318 g/mol. The molecule has 1 aromatic heterocycles. The molecule has 2 aromatic rings. The number of aryl methyl sites for hydroxylation is 2. The maximum Gasteiger partial charge on any atom is 0.244 e. The average molecular weight is 337 g/mol. The molecule has 2 N–H and O–H groups in total. The van der Waals surface area contributed by atoms with Crippen LogP contribution in [0.5, 0.6) is 11.5 Å². The molecule has 0 spiro atoms. The smallest absolute Gasteiger partial charge is 0.244 e. The molecule has 1 aliphatic rings. The zero-order valence-electron chi connectivity index (χ0n) is 13.0. The number of aromatic amines is 1. The number of nitrogens with zero attached hydrogens (tertiary/aromatic N) is 1. The fourth-order valence-corrected chi connectivity index (χ4v) is 3.89. The van der Waals surface area contributed by atoms with Crippen LogP contribution in [0.25, 0.3) is 0 Å². The van der Waals surface area contributed by atoms with Crippen molar-refractivity contribution in [2.24, 2.45) is 0 Å². The molecule has 1 aliphatic heterocycles. The second-order valence-electron chi connectivity index (χ2n) is 5.42. The van der Waals surface area contributed by atoms with Crippen LogP contribution >= 0.6 is 0 Å². The van der Waals surface area contributed by atoms with Crippen LogP contribution in [0.15, 0.2) is 23.1 Å². The van der Waals surface area contributed by atoms with Crippen molar-refractivity contribution in [1.29, 1.82) is 0 Å². The number of sulfonamides is 1. The molecule has 0 atom stereocenters. The molecular formula is C15H19N3O4S. The molecule has 3 rings (SSSR count). The van der Waals surface area contributed by atoms with E-state index in [9.17, 15) is 8.42 Å². The molecule has 23 heavy (non-hydrogen) atoms. The first-order valence-electron chi connectivity index (χ1n) is 7.37. The van der Waals surface area contributed by atoms with Gasteiger partial charge in [0.2, 0.25) is 10.0 Å². The number of benzene rings is 1. The minimum atomic E-state index is -3.62. The molecule has 0 fully saturated rings. The molecule has 2 heterocycles. The van der Waals surface area contributed by atoms with E-state index in [0.29, 0.717) is 36.1 Å². The number of fused-ring (bicyclic) bond motifs is 1. The Hall–Kier alpha value is -2.06. The summed E-state index contributed by atoms with van der Waals surface area (Å²) in [6, 6.07) is 5.43. The van der Waals surface area contributed by atoms with Crippen LogP contribution in [0.2, 0.25) is 0 Å². The highest BCUT2D eigenvalue weighted by atomic mass is 32.2. The molecule has 7 nitrogen and oxygen atoms in total. The fraction of sp³-hybridized carbons (Fsp3) is 0.400. The van der Waals surface area contributed by atoms with Gasteiger partial charge in [-0.2, -0.15) is 5.10 Å².